The summed E-state index contributed by atoms with van der Waals surface area (Å²) in [7, 11) is 0. The Balaban J connectivity index is 4.40. The minimum absolute atomic E-state index is 0.000694. The molecule has 3 heteroatoms. The van der Waals surface area contributed by atoms with E-state index in [-0.39, 0.29) is 17.5 Å². The van der Waals surface area contributed by atoms with Gasteiger partial charge in [0.15, 0.2) is 0 Å². The van der Waals surface area contributed by atoms with Gasteiger partial charge in [-0.3, -0.25) is 4.79 Å². The quantitative estimate of drug-likeness (QED) is 0.703. The molecule has 0 spiro atoms. The largest absolute Gasteiger partial charge is 0.349 e. The van der Waals surface area contributed by atoms with Gasteiger partial charge < -0.3 is 11.1 Å². The maximum atomic E-state index is 11.9. The van der Waals surface area contributed by atoms with Crippen molar-refractivity contribution in [1.29, 1.82) is 0 Å². The number of carbonyl (C=O) groups is 1. The normalized spacial score (nSPS) is 13.9. The van der Waals surface area contributed by atoms with Crippen molar-refractivity contribution in [2.24, 2.45) is 11.7 Å². The summed E-state index contributed by atoms with van der Waals surface area (Å²) in [5.41, 5.74) is 5.81. The highest BCUT2D eigenvalue weighted by atomic mass is 16.2. The highest BCUT2D eigenvalue weighted by Crippen LogP contribution is 2.19. The molecule has 0 aliphatic heterocycles. The summed E-state index contributed by atoms with van der Waals surface area (Å²) in [6, 6.07) is -0.371. The molecule has 0 aromatic carbocycles. The lowest BCUT2D eigenvalue weighted by Crippen LogP contribution is -2.53. The molecule has 3 nitrogen and oxygen atoms in total. The van der Waals surface area contributed by atoms with Crippen molar-refractivity contribution in [3.8, 4) is 0 Å². The Hall–Kier alpha value is -0.570. The second-order valence-electron chi connectivity index (χ2n) is 5.07. The summed E-state index contributed by atoms with van der Waals surface area (Å²) in [6.07, 6.45) is 3.62. The first-order valence-corrected chi connectivity index (χ1v) is 6.48. The van der Waals surface area contributed by atoms with Crippen LogP contribution < -0.4 is 11.1 Å². The van der Waals surface area contributed by atoms with Gasteiger partial charge in [-0.15, -0.1) is 0 Å². The smallest absolute Gasteiger partial charge is 0.237 e. The van der Waals surface area contributed by atoms with Crippen LogP contribution in [0.15, 0.2) is 0 Å². The van der Waals surface area contributed by atoms with Gasteiger partial charge in [0.1, 0.15) is 0 Å². The number of carbonyl (C=O) groups excluding carboxylic acids is 1. The van der Waals surface area contributed by atoms with Crippen LogP contribution >= 0.6 is 0 Å². The van der Waals surface area contributed by atoms with Gasteiger partial charge in [0.25, 0.3) is 0 Å². The first-order valence-electron chi connectivity index (χ1n) is 6.48. The molecule has 0 aromatic rings. The molecule has 0 aromatic heterocycles. The highest BCUT2D eigenvalue weighted by molar-refractivity contribution is 5.82. The van der Waals surface area contributed by atoms with E-state index in [4.69, 9.17) is 5.73 Å². The number of nitrogens with two attached hydrogens (primary N) is 1. The zero-order chi connectivity index (χ0) is 12.8. The van der Waals surface area contributed by atoms with Crippen molar-refractivity contribution >= 4 is 5.91 Å². The number of rotatable bonds is 7. The SMILES string of the molecule is CCC(CC)(CC)NC(=O)[C@H](N)CC(C)C. The summed E-state index contributed by atoms with van der Waals surface area (Å²) in [4.78, 5) is 11.9. The van der Waals surface area contributed by atoms with Gasteiger partial charge >= 0.3 is 0 Å². The molecule has 0 fully saturated rings. The molecule has 1 amide bonds. The molecular formula is C13H28N2O. The third-order valence-corrected chi connectivity index (χ3v) is 3.48. The van der Waals surface area contributed by atoms with Gasteiger partial charge in [0.05, 0.1) is 6.04 Å². The summed E-state index contributed by atoms with van der Waals surface area (Å²) < 4.78 is 0. The van der Waals surface area contributed by atoms with Crippen LogP contribution in [0.1, 0.15) is 60.3 Å². The predicted octanol–water partition coefficient (Wildman–Crippen LogP) is 2.44. The van der Waals surface area contributed by atoms with E-state index in [1.54, 1.807) is 0 Å². The maximum absolute atomic E-state index is 11.9. The summed E-state index contributed by atoms with van der Waals surface area (Å²) in [5.74, 6) is 0.458. The van der Waals surface area contributed by atoms with E-state index in [9.17, 15) is 4.79 Å². The molecule has 0 bridgehead atoms. The second kappa shape index (κ2) is 6.89. The third kappa shape index (κ3) is 4.52. The number of amides is 1. The minimum atomic E-state index is -0.371. The Morgan fingerprint density at radius 3 is 1.94 bits per heavy atom. The lowest BCUT2D eigenvalue weighted by Gasteiger charge is -2.33. The van der Waals surface area contributed by atoms with Crippen LogP contribution in [0.4, 0.5) is 0 Å². The fourth-order valence-corrected chi connectivity index (χ4v) is 1.98. The van der Waals surface area contributed by atoms with Crippen LogP contribution in [-0.2, 0) is 4.79 Å². The third-order valence-electron chi connectivity index (χ3n) is 3.48. The molecule has 0 radical (unpaired) electrons. The standard InChI is InChI=1S/C13H28N2O/c1-6-13(7-2,8-3)15-12(16)11(14)9-10(4)5/h10-11H,6-9,14H2,1-5H3,(H,15,16)/t11-/m1/s1. The Morgan fingerprint density at radius 1 is 1.19 bits per heavy atom. The lowest BCUT2D eigenvalue weighted by atomic mass is 9.89. The van der Waals surface area contributed by atoms with Crippen LogP contribution in [0, 0.1) is 5.92 Å². The zero-order valence-electron chi connectivity index (χ0n) is 11.5. The topological polar surface area (TPSA) is 55.1 Å². The van der Waals surface area contributed by atoms with Gasteiger partial charge in [-0.25, -0.2) is 0 Å². The summed E-state index contributed by atoms with van der Waals surface area (Å²) >= 11 is 0. The fourth-order valence-electron chi connectivity index (χ4n) is 1.98. The van der Waals surface area contributed by atoms with Crippen molar-refractivity contribution in [3.63, 3.8) is 0 Å². The molecule has 3 N–H and O–H groups in total. The molecule has 96 valence electrons. The molecule has 0 saturated heterocycles. The van der Waals surface area contributed by atoms with Crippen LogP contribution in [-0.4, -0.2) is 17.5 Å². The van der Waals surface area contributed by atoms with Crippen LogP contribution in [0.3, 0.4) is 0 Å². The Morgan fingerprint density at radius 2 is 1.62 bits per heavy atom. The van der Waals surface area contributed by atoms with Crippen LogP contribution in [0.25, 0.3) is 0 Å². The van der Waals surface area contributed by atoms with Crippen molar-refractivity contribution in [3.05, 3.63) is 0 Å². The highest BCUT2D eigenvalue weighted by Gasteiger charge is 2.28. The van der Waals surface area contributed by atoms with Crippen molar-refractivity contribution < 1.29 is 4.79 Å². The molecule has 0 aliphatic rings. The number of hydrogen-bond donors (Lipinski definition) is 2. The Labute approximate surface area is 100 Å². The van der Waals surface area contributed by atoms with Gasteiger partial charge in [0.2, 0.25) is 5.91 Å². The van der Waals surface area contributed by atoms with E-state index in [1.165, 1.54) is 0 Å². The van der Waals surface area contributed by atoms with E-state index in [1.807, 2.05) is 0 Å². The monoisotopic (exact) mass is 228 g/mol. The first kappa shape index (κ1) is 15.4. The molecule has 0 aliphatic carbocycles. The first-order chi connectivity index (χ1) is 7.40. The Bertz CT molecular complexity index is 202. The van der Waals surface area contributed by atoms with Crippen molar-refractivity contribution in [2.75, 3.05) is 0 Å². The van der Waals surface area contributed by atoms with Crippen LogP contribution in [0.2, 0.25) is 0 Å². The predicted molar refractivity (Wildman–Crippen MR) is 69.2 cm³/mol. The molecule has 0 unspecified atom stereocenters. The zero-order valence-corrected chi connectivity index (χ0v) is 11.5. The lowest BCUT2D eigenvalue weighted by molar-refractivity contribution is -0.124. The summed E-state index contributed by atoms with van der Waals surface area (Å²) in [5, 5.41) is 3.12. The molecule has 0 heterocycles. The van der Waals surface area contributed by atoms with E-state index in [0.29, 0.717) is 5.92 Å². The van der Waals surface area contributed by atoms with E-state index >= 15 is 0 Å². The van der Waals surface area contributed by atoms with Gasteiger partial charge in [-0.2, -0.15) is 0 Å². The molecule has 0 saturated carbocycles. The average molecular weight is 228 g/mol. The summed E-state index contributed by atoms with van der Waals surface area (Å²) in [6.45, 7) is 10.5. The average Bonchev–Trinajstić information content (AvgIpc) is 2.25. The fraction of sp³-hybridized carbons (Fsp3) is 0.923. The van der Waals surface area contributed by atoms with Crippen LogP contribution in [0.5, 0.6) is 0 Å². The van der Waals surface area contributed by atoms with Gasteiger partial charge in [-0.1, -0.05) is 34.6 Å². The van der Waals surface area contributed by atoms with E-state index in [2.05, 4.69) is 39.9 Å². The number of nitrogens with one attached hydrogen (secondary N) is 1. The minimum Gasteiger partial charge on any atom is -0.349 e. The molecular weight excluding hydrogens is 200 g/mol. The van der Waals surface area contributed by atoms with Crippen molar-refractivity contribution in [2.45, 2.75) is 71.9 Å². The Kier molecular flexibility index (Phi) is 6.65. The molecule has 0 rings (SSSR count). The van der Waals surface area contributed by atoms with Gasteiger partial charge in [-0.05, 0) is 31.6 Å². The van der Waals surface area contributed by atoms with Crippen molar-refractivity contribution in [1.82, 2.24) is 5.32 Å². The molecule has 16 heavy (non-hydrogen) atoms. The number of hydrogen-bond acceptors (Lipinski definition) is 2. The van der Waals surface area contributed by atoms with E-state index in [0.717, 1.165) is 25.7 Å². The molecule has 1 atom stereocenters. The van der Waals surface area contributed by atoms with Gasteiger partial charge in [0, 0.05) is 5.54 Å². The second-order valence-corrected chi connectivity index (χ2v) is 5.07. The van der Waals surface area contributed by atoms with E-state index < -0.39 is 0 Å². The maximum Gasteiger partial charge on any atom is 0.237 e.